The Kier molecular flexibility index (Phi) is 5.36. The second kappa shape index (κ2) is 7.45. The number of methoxy groups -OCH3 is 1. The highest BCUT2D eigenvalue weighted by molar-refractivity contribution is 5.95. The predicted octanol–water partition coefficient (Wildman–Crippen LogP) is 3.32. The Morgan fingerprint density at radius 3 is 2.54 bits per heavy atom. The van der Waals surface area contributed by atoms with E-state index in [1.807, 2.05) is 0 Å². The van der Waals surface area contributed by atoms with E-state index in [9.17, 15) is 14.9 Å². The van der Waals surface area contributed by atoms with Gasteiger partial charge in [-0.2, -0.15) is 0 Å². The van der Waals surface area contributed by atoms with E-state index in [0.717, 1.165) is 0 Å². The van der Waals surface area contributed by atoms with E-state index in [0.29, 0.717) is 22.7 Å². The van der Waals surface area contributed by atoms with E-state index in [1.165, 1.54) is 12.1 Å². The van der Waals surface area contributed by atoms with Gasteiger partial charge in [-0.15, -0.1) is 0 Å². The molecule has 24 heavy (non-hydrogen) atoms. The van der Waals surface area contributed by atoms with Gasteiger partial charge in [0.15, 0.2) is 6.10 Å². The van der Waals surface area contributed by atoms with E-state index in [4.69, 9.17) is 9.47 Å². The summed E-state index contributed by atoms with van der Waals surface area (Å²) in [5.41, 5.74) is 0.730. The quantitative estimate of drug-likeness (QED) is 0.648. The molecule has 0 aliphatic rings. The maximum absolute atomic E-state index is 12.3. The van der Waals surface area contributed by atoms with Gasteiger partial charge in [-0.25, -0.2) is 0 Å². The first-order valence-electron chi connectivity index (χ1n) is 7.28. The fourth-order valence-corrected chi connectivity index (χ4v) is 2.12. The Hall–Kier alpha value is -3.09. The minimum atomic E-state index is -0.782. The molecular formula is C17H18N2O5. The fourth-order valence-electron chi connectivity index (χ4n) is 2.12. The van der Waals surface area contributed by atoms with Gasteiger partial charge in [-0.05, 0) is 32.0 Å². The molecule has 7 nitrogen and oxygen atoms in total. The average molecular weight is 330 g/mol. The van der Waals surface area contributed by atoms with Crippen molar-refractivity contribution < 1.29 is 19.2 Å². The Labute approximate surface area is 139 Å². The highest BCUT2D eigenvalue weighted by Crippen LogP contribution is 2.25. The van der Waals surface area contributed by atoms with E-state index >= 15 is 0 Å². The van der Waals surface area contributed by atoms with E-state index in [-0.39, 0.29) is 5.69 Å². The second-order valence-corrected chi connectivity index (χ2v) is 5.14. The molecule has 0 aliphatic carbocycles. The van der Waals surface area contributed by atoms with Crippen LogP contribution in [0.15, 0.2) is 42.5 Å². The van der Waals surface area contributed by atoms with Crippen LogP contribution in [0, 0.1) is 17.0 Å². The Morgan fingerprint density at radius 2 is 1.88 bits per heavy atom. The molecule has 2 aromatic rings. The second-order valence-electron chi connectivity index (χ2n) is 5.14. The molecule has 0 aliphatic heterocycles. The smallest absolute Gasteiger partial charge is 0.274 e. The van der Waals surface area contributed by atoms with Crippen molar-refractivity contribution in [3.63, 3.8) is 0 Å². The van der Waals surface area contributed by atoms with Crippen molar-refractivity contribution in [1.29, 1.82) is 0 Å². The molecule has 0 spiro atoms. The van der Waals surface area contributed by atoms with Crippen molar-refractivity contribution in [2.75, 3.05) is 12.4 Å². The molecule has 1 amide bonds. The number of amides is 1. The van der Waals surface area contributed by atoms with Gasteiger partial charge in [-0.3, -0.25) is 14.9 Å². The zero-order valence-electron chi connectivity index (χ0n) is 13.6. The van der Waals surface area contributed by atoms with Crippen LogP contribution in [-0.4, -0.2) is 24.0 Å². The van der Waals surface area contributed by atoms with E-state index in [2.05, 4.69) is 5.32 Å². The molecule has 0 saturated heterocycles. The lowest BCUT2D eigenvalue weighted by atomic mass is 10.1. The molecule has 0 radical (unpaired) electrons. The van der Waals surface area contributed by atoms with Crippen LogP contribution >= 0.6 is 0 Å². The van der Waals surface area contributed by atoms with Crippen LogP contribution in [0.4, 0.5) is 11.4 Å². The summed E-state index contributed by atoms with van der Waals surface area (Å²) in [4.78, 5) is 22.7. The van der Waals surface area contributed by atoms with E-state index in [1.54, 1.807) is 51.3 Å². The average Bonchev–Trinajstić information content (AvgIpc) is 2.56. The van der Waals surface area contributed by atoms with Crippen LogP contribution in [0.3, 0.4) is 0 Å². The third-order valence-corrected chi connectivity index (χ3v) is 3.48. The van der Waals surface area contributed by atoms with Crippen molar-refractivity contribution in [2.24, 2.45) is 0 Å². The lowest BCUT2D eigenvalue weighted by molar-refractivity contribution is -0.385. The molecule has 126 valence electrons. The maximum Gasteiger partial charge on any atom is 0.274 e. The minimum Gasteiger partial charge on any atom is -0.497 e. The Morgan fingerprint density at radius 1 is 1.21 bits per heavy atom. The zero-order chi connectivity index (χ0) is 17.7. The molecule has 0 fully saturated rings. The largest absolute Gasteiger partial charge is 0.497 e. The number of carbonyl (C=O) groups excluding carboxylic acids is 1. The van der Waals surface area contributed by atoms with Crippen LogP contribution in [0.25, 0.3) is 0 Å². The van der Waals surface area contributed by atoms with Crippen LogP contribution < -0.4 is 14.8 Å². The maximum atomic E-state index is 12.3. The summed E-state index contributed by atoms with van der Waals surface area (Å²) in [6, 6.07) is 11.4. The summed E-state index contributed by atoms with van der Waals surface area (Å²) in [5.74, 6) is 0.712. The van der Waals surface area contributed by atoms with Crippen LogP contribution in [0.5, 0.6) is 11.5 Å². The number of nitro benzene ring substituents is 1. The molecule has 0 saturated carbocycles. The van der Waals surface area contributed by atoms with Gasteiger partial charge in [0.05, 0.1) is 23.3 Å². The number of benzene rings is 2. The minimum absolute atomic E-state index is 0.0471. The van der Waals surface area contributed by atoms with E-state index < -0.39 is 16.9 Å². The SMILES string of the molecule is COc1cccc(O[C@@H](C)C(=O)Nc2cccc([N+](=O)[O-])c2C)c1. The molecule has 2 rings (SSSR count). The van der Waals surface area contributed by atoms with Crippen LogP contribution in [0.2, 0.25) is 0 Å². The Bertz CT molecular complexity index is 760. The lowest BCUT2D eigenvalue weighted by Crippen LogP contribution is -2.30. The first-order chi connectivity index (χ1) is 11.4. The standard InChI is InChI=1S/C17H18N2O5/c1-11-15(8-5-9-16(11)19(21)22)18-17(20)12(2)24-14-7-4-6-13(10-14)23-3/h4-10,12H,1-3H3,(H,18,20)/t12-/m0/s1. The van der Waals surface area contributed by atoms with Crippen molar-refractivity contribution in [1.82, 2.24) is 0 Å². The number of nitro groups is 1. The lowest BCUT2D eigenvalue weighted by Gasteiger charge is -2.16. The number of anilines is 1. The van der Waals surface area contributed by atoms with Crippen molar-refractivity contribution in [3.05, 3.63) is 58.1 Å². The summed E-state index contributed by atoms with van der Waals surface area (Å²) < 4.78 is 10.7. The molecule has 7 heteroatoms. The molecule has 1 N–H and O–H groups in total. The van der Waals surface area contributed by atoms with Gasteiger partial charge in [0.1, 0.15) is 11.5 Å². The monoisotopic (exact) mass is 330 g/mol. The third kappa shape index (κ3) is 4.01. The van der Waals surface area contributed by atoms with Crippen molar-refractivity contribution in [3.8, 4) is 11.5 Å². The molecule has 1 atom stereocenters. The molecular weight excluding hydrogens is 312 g/mol. The number of hydrogen-bond donors (Lipinski definition) is 1. The number of hydrogen-bond acceptors (Lipinski definition) is 5. The summed E-state index contributed by atoms with van der Waals surface area (Å²) in [5, 5.41) is 13.6. The zero-order valence-corrected chi connectivity index (χ0v) is 13.6. The summed E-state index contributed by atoms with van der Waals surface area (Å²) in [7, 11) is 1.54. The van der Waals surface area contributed by atoms with Crippen LogP contribution in [-0.2, 0) is 4.79 Å². The van der Waals surface area contributed by atoms with Crippen LogP contribution in [0.1, 0.15) is 12.5 Å². The number of carbonyl (C=O) groups is 1. The third-order valence-electron chi connectivity index (χ3n) is 3.48. The molecule has 2 aromatic carbocycles. The van der Waals surface area contributed by atoms with Gasteiger partial charge in [0.2, 0.25) is 0 Å². The van der Waals surface area contributed by atoms with Crippen molar-refractivity contribution in [2.45, 2.75) is 20.0 Å². The normalized spacial score (nSPS) is 11.5. The summed E-state index contributed by atoms with van der Waals surface area (Å²) >= 11 is 0. The molecule has 0 heterocycles. The molecule has 0 unspecified atom stereocenters. The van der Waals surface area contributed by atoms with Gasteiger partial charge >= 0.3 is 0 Å². The van der Waals surface area contributed by atoms with Gasteiger partial charge in [-0.1, -0.05) is 12.1 Å². The highest BCUT2D eigenvalue weighted by atomic mass is 16.6. The number of nitrogens with zero attached hydrogens (tertiary/aromatic N) is 1. The van der Waals surface area contributed by atoms with Gasteiger partial charge in [0, 0.05) is 12.1 Å². The molecule has 0 bridgehead atoms. The van der Waals surface area contributed by atoms with Gasteiger partial charge in [0.25, 0.3) is 11.6 Å². The first kappa shape index (κ1) is 17.3. The number of ether oxygens (including phenoxy) is 2. The summed E-state index contributed by atoms with van der Waals surface area (Å²) in [6.07, 6.45) is -0.782. The number of rotatable bonds is 6. The highest BCUT2D eigenvalue weighted by Gasteiger charge is 2.19. The molecule has 0 aromatic heterocycles. The van der Waals surface area contributed by atoms with Crippen molar-refractivity contribution >= 4 is 17.3 Å². The summed E-state index contributed by atoms with van der Waals surface area (Å²) in [6.45, 7) is 3.18. The fraction of sp³-hybridized carbons (Fsp3) is 0.235. The number of nitrogens with one attached hydrogen (secondary N) is 1. The predicted molar refractivity (Wildman–Crippen MR) is 89.5 cm³/mol. The first-order valence-corrected chi connectivity index (χ1v) is 7.28. The van der Waals surface area contributed by atoms with Gasteiger partial charge < -0.3 is 14.8 Å². The Balaban J connectivity index is 2.09. The topological polar surface area (TPSA) is 90.7 Å².